The molecular formula is C16H25BrN2. The first-order valence-electron chi connectivity index (χ1n) is 7.26. The third-order valence-corrected chi connectivity index (χ3v) is 4.75. The van der Waals surface area contributed by atoms with Crippen molar-refractivity contribution in [2.24, 2.45) is 5.92 Å². The van der Waals surface area contributed by atoms with Crippen LogP contribution >= 0.6 is 15.9 Å². The van der Waals surface area contributed by atoms with E-state index in [-0.39, 0.29) is 5.41 Å². The van der Waals surface area contributed by atoms with Crippen LogP contribution < -0.4 is 10.6 Å². The van der Waals surface area contributed by atoms with Gasteiger partial charge in [-0.3, -0.25) is 0 Å². The minimum atomic E-state index is 0.160. The molecule has 0 unspecified atom stereocenters. The zero-order valence-electron chi connectivity index (χ0n) is 12.0. The van der Waals surface area contributed by atoms with E-state index in [1.165, 1.54) is 36.0 Å². The van der Waals surface area contributed by atoms with Gasteiger partial charge in [0.1, 0.15) is 0 Å². The summed E-state index contributed by atoms with van der Waals surface area (Å²) in [5.74, 6) is 0.844. The van der Waals surface area contributed by atoms with Crippen LogP contribution in [0.1, 0.15) is 32.3 Å². The summed E-state index contributed by atoms with van der Waals surface area (Å²) in [6.45, 7) is 9.15. The number of hydrogen-bond donors (Lipinski definition) is 2. The van der Waals surface area contributed by atoms with Gasteiger partial charge in [0.25, 0.3) is 0 Å². The molecule has 2 nitrogen and oxygen atoms in total. The Bertz CT molecular complexity index is 397. The molecule has 2 rings (SSSR count). The zero-order chi connectivity index (χ0) is 13.7. The van der Waals surface area contributed by atoms with Crippen molar-refractivity contribution in [3.63, 3.8) is 0 Å². The first kappa shape index (κ1) is 15.0. The summed E-state index contributed by atoms with van der Waals surface area (Å²) in [6, 6.07) is 8.54. The standard InChI is InChI=1S/C16H25BrN2/c1-16(2,14-5-3-4-6-15(14)17)12-19-11-13-7-9-18-10-8-13/h3-6,13,18-19H,7-12H2,1-2H3. The minimum absolute atomic E-state index is 0.160. The van der Waals surface area contributed by atoms with Crippen molar-refractivity contribution in [1.82, 2.24) is 10.6 Å². The number of halogens is 1. The molecule has 0 atom stereocenters. The maximum Gasteiger partial charge on any atom is 0.0213 e. The SMILES string of the molecule is CC(C)(CNCC1CCNCC1)c1ccccc1Br. The van der Waals surface area contributed by atoms with Crippen molar-refractivity contribution in [2.45, 2.75) is 32.1 Å². The summed E-state index contributed by atoms with van der Waals surface area (Å²) >= 11 is 3.66. The molecular weight excluding hydrogens is 300 g/mol. The van der Waals surface area contributed by atoms with E-state index in [9.17, 15) is 0 Å². The average molecular weight is 325 g/mol. The summed E-state index contributed by atoms with van der Waals surface area (Å²) in [6.07, 6.45) is 2.62. The molecule has 0 amide bonds. The molecule has 1 aromatic rings. The number of rotatable bonds is 5. The highest BCUT2D eigenvalue weighted by Gasteiger charge is 2.23. The van der Waals surface area contributed by atoms with Crippen molar-refractivity contribution < 1.29 is 0 Å². The fraction of sp³-hybridized carbons (Fsp3) is 0.625. The molecule has 0 bridgehead atoms. The van der Waals surface area contributed by atoms with E-state index in [2.05, 4.69) is 64.7 Å². The van der Waals surface area contributed by atoms with Crippen LogP contribution in [0.4, 0.5) is 0 Å². The molecule has 1 heterocycles. The van der Waals surface area contributed by atoms with Gasteiger partial charge in [0.15, 0.2) is 0 Å². The summed E-state index contributed by atoms with van der Waals surface area (Å²) in [4.78, 5) is 0. The van der Waals surface area contributed by atoms with E-state index < -0.39 is 0 Å². The van der Waals surface area contributed by atoms with Crippen LogP contribution in [-0.4, -0.2) is 26.2 Å². The van der Waals surface area contributed by atoms with E-state index in [1.54, 1.807) is 0 Å². The Kier molecular flexibility index (Phi) is 5.43. The number of piperidine rings is 1. The molecule has 0 aliphatic carbocycles. The molecule has 0 aromatic heterocycles. The molecule has 3 heteroatoms. The lowest BCUT2D eigenvalue weighted by molar-refractivity contribution is 0.342. The van der Waals surface area contributed by atoms with Crippen molar-refractivity contribution in [3.8, 4) is 0 Å². The van der Waals surface area contributed by atoms with Gasteiger partial charge >= 0.3 is 0 Å². The molecule has 0 radical (unpaired) electrons. The van der Waals surface area contributed by atoms with Crippen molar-refractivity contribution in [3.05, 3.63) is 34.3 Å². The number of nitrogens with one attached hydrogen (secondary N) is 2. The molecule has 1 fully saturated rings. The monoisotopic (exact) mass is 324 g/mol. The molecule has 0 saturated carbocycles. The van der Waals surface area contributed by atoms with Gasteiger partial charge in [0.2, 0.25) is 0 Å². The number of hydrogen-bond acceptors (Lipinski definition) is 2. The van der Waals surface area contributed by atoms with Gasteiger partial charge in [-0.25, -0.2) is 0 Å². The van der Waals surface area contributed by atoms with Gasteiger partial charge in [-0.15, -0.1) is 0 Å². The highest BCUT2D eigenvalue weighted by molar-refractivity contribution is 9.10. The average Bonchev–Trinajstić information content (AvgIpc) is 2.40. The Morgan fingerprint density at radius 3 is 2.63 bits per heavy atom. The molecule has 1 aromatic carbocycles. The Morgan fingerprint density at radius 2 is 1.95 bits per heavy atom. The summed E-state index contributed by atoms with van der Waals surface area (Å²) in [5, 5.41) is 7.09. The van der Waals surface area contributed by atoms with Crippen molar-refractivity contribution in [1.29, 1.82) is 0 Å². The normalized spacial score (nSPS) is 17.6. The van der Waals surface area contributed by atoms with Crippen LogP contribution in [0.15, 0.2) is 28.7 Å². The Hall–Kier alpha value is -0.380. The van der Waals surface area contributed by atoms with Gasteiger partial charge in [-0.2, -0.15) is 0 Å². The minimum Gasteiger partial charge on any atom is -0.317 e. The maximum absolute atomic E-state index is 3.67. The summed E-state index contributed by atoms with van der Waals surface area (Å²) < 4.78 is 1.21. The van der Waals surface area contributed by atoms with E-state index in [4.69, 9.17) is 0 Å². The fourth-order valence-corrected chi connectivity index (χ4v) is 3.60. The smallest absolute Gasteiger partial charge is 0.0213 e. The van der Waals surface area contributed by atoms with Crippen LogP contribution in [0.5, 0.6) is 0 Å². The third-order valence-electron chi connectivity index (χ3n) is 4.06. The molecule has 2 N–H and O–H groups in total. The third kappa shape index (κ3) is 4.30. The molecule has 106 valence electrons. The maximum atomic E-state index is 3.67. The van der Waals surface area contributed by atoms with Crippen LogP contribution in [0.2, 0.25) is 0 Å². The van der Waals surface area contributed by atoms with Gasteiger partial charge in [0, 0.05) is 16.4 Å². The van der Waals surface area contributed by atoms with Gasteiger partial charge in [-0.1, -0.05) is 48.0 Å². The van der Waals surface area contributed by atoms with Gasteiger partial charge in [0.05, 0.1) is 0 Å². The molecule has 1 aliphatic rings. The Balaban J connectivity index is 1.85. The van der Waals surface area contributed by atoms with Gasteiger partial charge in [-0.05, 0) is 50.0 Å². The van der Waals surface area contributed by atoms with E-state index in [0.29, 0.717) is 0 Å². The Morgan fingerprint density at radius 1 is 1.26 bits per heavy atom. The summed E-state index contributed by atoms with van der Waals surface area (Å²) in [5.41, 5.74) is 1.54. The Labute approximate surface area is 125 Å². The summed E-state index contributed by atoms with van der Waals surface area (Å²) in [7, 11) is 0. The second-order valence-corrected chi connectivity index (χ2v) is 7.04. The predicted molar refractivity (Wildman–Crippen MR) is 85.6 cm³/mol. The lowest BCUT2D eigenvalue weighted by Gasteiger charge is -2.29. The molecule has 1 saturated heterocycles. The quantitative estimate of drug-likeness (QED) is 0.868. The lowest BCUT2D eigenvalue weighted by atomic mass is 9.84. The second kappa shape index (κ2) is 6.87. The van der Waals surface area contributed by atoms with Crippen LogP contribution in [0.3, 0.4) is 0 Å². The first-order chi connectivity index (χ1) is 9.09. The van der Waals surface area contributed by atoms with Gasteiger partial charge < -0.3 is 10.6 Å². The van der Waals surface area contributed by atoms with Crippen molar-refractivity contribution >= 4 is 15.9 Å². The van der Waals surface area contributed by atoms with Crippen LogP contribution in [0, 0.1) is 5.92 Å². The van der Waals surface area contributed by atoms with E-state index >= 15 is 0 Å². The predicted octanol–water partition coefficient (Wildman–Crippen LogP) is 3.32. The highest BCUT2D eigenvalue weighted by atomic mass is 79.9. The topological polar surface area (TPSA) is 24.1 Å². The first-order valence-corrected chi connectivity index (χ1v) is 8.05. The second-order valence-electron chi connectivity index (χ2n) is 6.19. The lowest BCUT2D eigenvalue weighted by Crippen LogP contribution is -2.38. The van der Waals surface area contributed by atoms with Crippen LogP contribution in [-0.2, 0) is 5.41 Å². The molecule has 1 aliphatic heterocycles. The molecule has 0 spiro atoms. The fourth-order valence-electron chi connectivity index (χ4n) is 2.78. The van der Waals surface area contributed by atoms with E-state index in [0.717, 1.165) is 19.0 Å². The number of benzene rings is 1. The van der Waals surface area contributed by atoms with E-state index in [1.807, 2.05) is 0 Å². The van der Waals surface area contributed by atoms with Crippen molar-refractivity contribution in [2.75, 3.05) is 26.2 Å². The zero-order valence-corrected chi connectivity index (χ0v) is 13.6. The largest absolute Gasteiger partial charge is 0.317 e. The van der Waals surface area contributed by atoms with Crippen LogP contribution in [0.25, 0.3) is 0 Å². The highest BCUT2D eigenvalue weighted by Crippen LogP contribution is 2.29. The molecule has 19 heavy (non-hydrogen) atoms.